The van der Waals surface area contributed by atoms with Crippen LogP contribution in [0.25, 0.3) is 16.7 Å². The summed E-state index contributed by atoms with van der Waals surface area (Å²) in [5.74, 6) is 0.0955. The van der Waals surface area contributed by atoms with Crippen LogP contribution >= 0.6 is 11.6 Å². The zero-order valence-electron chi connectivity index (χ0n) is 16.9. The fourth-order valence-electron chi connectivity index (χ4n) is 4.21. The summed E-state index contributed by atoms with van der Waals surface area (Å²) in [5.41, 5.74) is 10.1. The maximum Gasteiger partial charge on any atom is 0.241 e. The number of amides is 1. The molecule has 2 aliphatic rings. The van der Waals surface area contributed by atoms with E-state index in [2.05, 4.69) is 25.5 Å². The van der Waals surface area contributed by atoms with Gasteiger partial charge in [0.25, 0.3) is 0 Å². The summed E-state index contributed by atoms with van der Waals surface area (Å²) in [4.78, 5) is 22.9. The summed E-state index contributed by atoms with van der Waals surface area (Å²) in [6, 6.07) is 8.10. The number of hydrogen-bond donors (Lipinski definition) is 3. The number of anilines is 1. The molecular formula is C22H25ClN6O. The van der Waals surface area contributed by atoms with Crippen LogP contribution in [0.15, 0.2) is 47.9 Å². The zero-order chi connectivity index (χ0) is 21.1. The molecule has 0 radical (unpaired) electrons. The lowest BCUT2D eigenvalue weighted by Crippen LogP contribution is -2.54. The van der Waals surface area contributed by atoms with E-state index in [1.54, 1.807) is 25.7 Å². The van der Waals surface area contributed by atoms with E-state index in [0.29, 0.717) is 11.7 Å². The van der Waals surface area contributed by atoms with Gasteiger partial charge in [-0.3, -0.25) is 20.1 Å². The van der Waals surface area contributed by atoms with Gasteiger partial charge < -0.3 is 16.0 Å². The number of pyridine rings is 1. The first kappa shape index (κ1) is 20.4. The van der Waals surface area contributed by atoms with Crippen LogP contribution in [0, 0.1) is 0 Å². The van der Waals surface area contributed by atoms with Gasteiger partial charge in [0.05, 0.1) is 17.4 Å². The smallest absolute Gasteiger partial charge is 0.241 e. The van der Waals surface area contributed by atoms with E-state index in [4.69, 9.17) is 17.3 Å². The van der Waals surface area contributed by atoms with Crippen LogP contribution in [-0.4, -0.2) is 49.5 Å². The lowest BCUT2D eigenvalue weighted by molar-refractivity contribution is -0.124. The van der Waals surface area contributed by atoms with Gasteiger partial charge >= 0.3 is 0 Å². The highest BCUT2D eigenvalue weighted by Crippen LogP contribution is 2.39. The van der Waals surface area contributed by atoms with Crippen LogP contribution in [0.2, 0.25) is 5.02 Å². The largest absolute Gasteiger partial charge is 0.404 e. The number of aromatic nitrogens is 1. The summed E-state index contributed by atoms with van der Waals surface area (Å²) < 4.78 is 0. The molecule has 156 valence electrons. The van der Waals surface area contributed by atoms with Gasteiger partial charge in [0.1, 0.15) is 5.54 Å². The monoisotopic (exact) mass is 424 g/mol. The van der Waals surface area contributed by atoms with Crippen molar-refractivity contribution in [2.75, 3.05) is 31.7 Å². The van der Waals surface area contributed by atoms with Crippen molar-refractivity contribution in [1.82, 2.24) is 15.6 Å². The number of nitrogens with two attached hydrogens (primary N) is 1. The molecule has 7 nitrogen and oxygen atoms in total. The highest BCUT2D eigenvalue weighted by Gasteiger charge is 2.44. The number of aliphatic imine (C=N–C) groups is 1. The van der Waals surface area contributed by atoms with Gasteiger partial charge in [0.2, 0.25) is 5.91 Å². The second kappa shape index (κ2) is 8.45. The lowest BCUT2D eigenvalue weighted by atomic mass is 9.87. The van der Waals surface area contributed by atoms with Crippen LogP contribution in [0.5, 0.6) is 0 Å². The van der Waals surface area contributed by atoms with Crippen molar-refractivity contribution in [2.24, 2.45) is 10.7 Å². The number of piperidine rings is 1. The molecule has 2 aliphatic heterocycles. The van der Waals surface area contributed by atoms with E-state index in [9.17, 15) is 4.79 Å². The van der Waals surface area contributed by atoms with Gasteiger partial charge in [0, 0.05) is 56.1 Å². The standard InChI is InChI=1S/C22H25ClN6O/c1-25-11-17(10-24)15-2-4-16(5-3-15)18-12-26-13-19(23)20(18)29-8-6-22(7-9-29)21(30)27-14-28-22/h2-5,10-13,28H,6-9,14,24H2,1H3,(H,27,30). The third-order valence-electron chi connectivity index (χ3n) is 5.89. The van der Waals surface area contributed by atoms with Crippen LogP contribution in [0.3, 0.4) is 0 Å². The molecular weight excluding hydrogens is 400 g/mol. The van der Waals surface area contributed by atoms with Crippen molar-refractivity contribution in [3.8, 4) is 11.1 Å². The van der Waals surface area contributed by atoms with Gasteiger partial charge in [-0.05, 0) is 24.0 Å². The number of benzene rings is 1. The normalized spacial score (nSPS) is 18.9. The quantitative estimate of drug-likeness (QED) is 0.655. The third-order valence-corrected chi connectivity index (χ3v) is 6.17. The molecule has 1 aromatic carbocycles. The van der Waals surface area contributed by atoms with E-state index in [-0.39, 0.29) is 5.91 Å². The maximum absolute atomic E-state index is 12.3. The minimum Gasteiger partial charge on any atom is -0.404 e. The molecule has 2 fully saturated rings. The minimum absolute atomic E-state index is 0.0955. The Hall–Kier alpha value is -2.90. The van der Waals surface area contributed by atoms with Crippen LogP contribution < -0.4 is 21.3 Å². The van der Waals surface area contributed by atoms with Crippen molar-refractivity contribution in [1.29, 1.82) is 0 Å². The number of carbonyl (C=O) groups is 1. The van der Waals surface area contributed by atoms with Crippen LogP contribution in [0.1, 0.15) is 18.4 Å². The van der Waals surface area contributed by atoms with Gasteiger partial charge in [-0.1, -0.05) is 35.9 Å². The van der Waals surface area contributed by atoms with E-state index < -0.39 is 5.54 Å². The number of carbonyl (C=O) groups excluding carboxylic acids is 1. The molecule has 0 bridgehead atoms. The fraction of sp³-hybridized carbons (Fsp3) is 0.318. The Morgan fingerprint density at radius 3 is 2.60 bits per heavy atom. The van der Waals surface area contributed by atoms with Gasteiger partial charge in [-0.2, -0.15) is 0 Å². The Labute approximate surface area is 181 Å². The SMILES string of the molecule is CN=CC(=CN)c1ccc(-c2cncc(Cl)c2N2CCC3(CC2)NCNC3=O)cc1. The summed E-state index contributed by atoms with van der Waals surface area (Å²) in [6.07, 6.45) is 8.26. The van der Waals surface area contributed by atoms with Crippen molar-refractivity contribution >= 4 is 35.0 Å². The van der Waals surface area contributed by atoms with E-state index >= 15 is 0 Å². The van der Waals surface area contributed by atoms with Crippen LogP contribution in [0.4, 0.5) is 5.69 Å². The second-order valence-electron chi connectivity index (χ2n) is 7.53. The predicted molar refractivity (Wildman–Crippen MR) is 122 cm³/mol. The van der Waals surface area contributed by atoms with E-state index in [1.807, 2.05) is 30.5 Å². The number of nitrogens with zero attached hydrogens (tertiary/aromatic N) is 3. The van der Waals surface area contributed by atoms with Crippen molar-refractivity contribution < 1.29 is 4.79 Å². The predicted octanol–water partition coefficient (Wildman–Crippen LogP) is 2.42. The Bertz CT molecular complexity index is 993. The molecule has 4 N–H and O–H groups in total. The third kappa shape index (κ3) is 3.66. The summed E-state index contributed by atoms with van der Waals surface area (Å²) >= 11 is 6.60. The number of nitrogens with one attached hydrogen (secondary N) is 2. The second-order valence-corrected chi connectivity index (χ2v) is 7.94. The molecule has 1 aromatic heterocycles. The average molecular weight is 425 g/mol. The highest BCUT2D eigenvalue weighted by atomic mass is 35.5. The molecule has 0 atom stereocenters. The molecule has 4 rings (SSSR count). The molecule has 1 spiro atoms. The molecule has 1 amide bonds. The number of halogens is 1. The molecule has 0 unspecified atom stereocenters. The first-order chi connectivity index (χ1) is 14.6. The Morgan fingerprint density at radius 1 is 1.27 bits per heavy atom. The summed E-state index contributed by atoms with van der Waals surface area (Å²) in [7, 11) is 1.72. The average Bonchev–Trinajstić information content (AvgIpc) is 3.12. The maximum atomic E-state index is 12.3. The zero-order valence-corrected chi connectivity index (χ0v) is 17.6. The molecule has 3 heterocycles. The fourth-order valence-corrected chi connectivity index (χ4v) is 4.49. The molecule has 0 aliphatic carbocycles. The Morgan fingerprint density at radius 2 is 2.00 bits per heavy atom. The lowest BCUT2D eigenvalue weighted by Gasteiger charge is -2.39. The van der Waals surface area contributed by atoms with Gasteiger partial charge in [0.15, 0.2) is 0 Å². The molecule has 8 heteroatoms. The summed E-state index contributed by atoms with van der Waals surface area (Å²) in [6.45, 7) is 2.01. The van der Waals surface area contributed by atoms with Crippen LogP contribution in [-0.2, 0) is 4.79 Å². The summed E-state index contributed by atoms with van der Waals surface area (Å²) in [5, 5.41) is 6.82. The first-order valence-corrected chi connectivity index (χ1v) is 10.3. The Balaban J connectivity index is 1.62. The molecule has 0 saturated carbocycles. The van der Waals surface area contributed by atoms with Gasteiger partial charge in [-0.15, -0.1) is 0 Å². The van der Waals surface area contributed by atoms with Crippen molar-refractivity contribution in [2.45, 2.75) is 18.4 Å². The van der Waals surface area contributed by atoms with Crippen molar-refractivity contribution in [3.63, 3.8) is 0 Å². The molecule has 30 heavy (non-hydrogen) atoms. The Kier molecular flexibility index (Phi) is 5.74. The van der Waals surface area contributed by atoms with Gasteiger partial charge in [-0.25, -0.2) is 0 Å². The first-order valence-electron chi connectivity index (χ1n) is 9.94. The minimum atomic E-state index is -0.455. The topological polar surface area (TPSA) is 95.6 Å². The molecule has 2 saturated heterocycles. The molecule has 2 aromatic rings. The van der Waals surface area contributed by atoms with Crippen molar-refractivity contribution in [3.05, 3.63) is 53.4 Å². The van der Waals surface area contributed by atoms with E-state index in [1.165, 1.54) is 0 Å². The highest BCUT2D eigenvalue weighted by molar-refractivity contribution is 6.33. The number of hydrogen-bond acceptors (Lipinski definition) is 6. The van der Waals surface area contributed by atoms with E-state index in [0.717, 1.165) is 53.9 Å². The number of allylic oxidation sites excluding steroid dienone is 1. The number of rotatable bonds is 4.